The molecule has 148 valence electrons. The van der Waals surface area contributed by atoms with Gasteiger partial charge in [0.1, 0.15) is 5.82 Å². The van der Waals surface area contributed by atoms with Crippen molar-refractivity contribution in [2.75, 3.05) is 52.6 Å². The number of aryl methyl sites for hydroxylation is 1. The van der Waals surface area contributed by atoms with Gasteiger partial charge in [0.25, 0.3) is 5.91 Å². The van der Waals surface area contributed by atoms with Crippen LogP contribution < -0.4 is 0 Å². The van der Waals surface area contributed by atoms with E-state index in [2.05, 4.69) is 9.88 Å². The molecule has 7 heteroatoms. The number of rotatable bonds is 3. The molecule has 0 aromatic carbocycles. The first-order valence-corrected chi connectivity index (χ1v) is 10.2. The maximum absolute atomic E-state index is 12.7. The maximum Gasteiger partial charge on any atom is 0.257 e. The van der Waals surface area contributed by atoms with E-state index in [9.17, 15) is 4.79 Å². The first-order chi connectivity index (χ1) is 13.2. The number of amides is 1. The van der Waals surface area contributed by atoms with Crippen molar-refractivity contribution in [2.45, 2.75) is 44.6 Å². The Morgan fingerprint density at radius 3 is 2.33 bits per heavy atom. The van der Waals surface area contributed by atoms with Crippen LogP contribution in [0.1, 0.15) is 53.5 Å². The lowest BCUT2D eigenvalue weighted by molar-refractivity contribution is 0.0248. The summed E-state index contributed by atoms with van der Waals surface area (Å²) in [5.74, 6) is 1.32. The van der Waals surface area contributed by atoms with Crippen molar-refractivity contribution in [3.63, 3.8) is 0 Å². The predicted molar refractivity (Wildman–Crippen MR) is 101 cm³/mol. The van der Waals surface area contributed by atoms with Crippen LogP contribution in [0.25, 0.3) is 0 Å². The fraction of sp³-hybridized carbons (Fsp3) is 0.750. The molecule has 0 unspecified atom stereocenters. The number of aromatic nitrogens is 2. The topological polar surface area (TPSA) is 67.8 Å². The van der Waals surface area contributed by atoms with E-state index in [0.29, 0.717) is 43.8 Å². The van der Waals surface area contributed by atoms with Crippen molar-refractivity contribution >= 4 is 5.91 Å². The van der Waals surface area contributed by atoms with Gasteiger partial charge in [0.05, 0.1) is 24.5 Å². The van der Waals surface area contributed by atoms with Crippen LogP contribution in [0.2, 0.25) is 0 Å². The first-order valence-electron chi connectivity index (χ1n) is 10.2. The van der Waals surface area contributed by atoms with E-state index in [0.717, 1.165) is 63.5 Å². The van der Waals surface area contributed by atoms with Crippen molar-refractivity contribution in [1.82, 2.24) is 19.8 Å². The monoisotopic (exact) mass is 374 g/mol. The zero-order chi connectivity index (χ0) is 18.6. The lowest BCUT2D eigenvalue weighted by Crippen LogP contribution is -2.44. The summed E-state index contributed by atoms with van der Waals surface area (Å²) in [5, 5.41) is 0. The van der Waals surface area contributed by atoms with Crippen molar-refractivity contribution < 1.29 is 14.3 Å². The van der Waals surface area contributed by atoms with Crippen molar-refractivity contribution in [1.29, 1.82) is 0 Å². The molecule has 3 aliphatic heterocycles. The molecule has 4 heterocycles. The second kappa shape index (κ2) is 8.63. The number of piperidine rings is 1. The lowest BCUT2D eigenvalue weighted by Gasteiger charge is -2.38. The molecule has 0 radical (unpaired) electrons. The summed E-state index contributed by atoms with van der Waals surface area (Å²) in [7, 11) is 0. The minimum atomic E-state index is 0.0247. The van der Waals surface area contributed by atoms with Gasteiger partial charge in [-0.05, 0) is 45.7 Å². The summed E-state index contributed by atoms with van der Waals surface area (Å²) in [5.41, 5.74) is 1.42. The van der Waals surface area contributed by atoms with E-state index in [1.807, 2.05) is 11.8 Å². The standard InChI is InChI=1S/C20H30N4O3/c1-15-18(20(25)24-8-12-27-13-9-24)14-21-19(22-15)16-2-6-23(7-3-16)17-4-10-26-11-5-17/h14,16-17H,2-13H2,1H3. The molecule has 1 aromatic heterocycles. The average Bonchev–Trinajstić information content (AvgIpc) is 2.74. The molecule has 0 saturated carbocycles. The molecule has 3 aliphatic rings. The van der Waals surface area contributed by atoms with Gasteiger partial charge in [0.2, 0.25) is 0 Å². The summed E-state index contributed by atoms with van der Waals surface area (Å²) in [6.45, 7) is 8.42. The van der Waals surface area contributed by atoms with Gasteiger partial charge in [0, 0.05) is 44.5 Å². The van der Waals surface area contributed by atoms with Crippen molar-refractivity contribution in [3.05, 3.63) is 23.3 Å². The van der Waals surface area contributed by atoms with Crippen LogP contribution in [0.3, 0.4) is 0 Å². The number of hydrogen-bond donors (Lipinski definition) is 0. The van der Waals surface area contributed by atoms with Gasteiger partial charge in [-0.1, -0.05) is 0 Å². The molecule has 1 amide bonds. The van der Waals surface area contributed by atoms with Crippen molar-refractivity contribution in [2.24, 2.45) is 0 Å². The van der Waals surface area contributed by atoms with E-state index in [1.54, 1.807) is 6.20 Å². The molecule has 0 N–H and O–H groups in total. The van der Waals surface area contributed by atoms with Crippen LogP contribution in [0.15, 0.2) is 6.20 Å². The van der Waals surface area contributed by atoms with Gasteiger partial charge < -0.3 is 19.3 Å². The highest BCUT2D eigenvalue weighted by Crippen LogP contribution is 2.29. The Bertz CT molecular complexity index is 649. The molecule has 3 saturated heterocycles. The summed E-state index contributed by atoms with van der Waals surface area (Å²) in [6.07, 6.45) is 6.22. The Kier molecular flexibility index (Phi) is 6.00. The largest absolute Gasteiger partial charge is 0.381 e. The zero-order valence-electron chi connectivity index (χ0n) is 16.2. The van der Waals surface area contributed by atoms with Crippen LogP contribution >= 0.6 is 0 Å². The van der Waals surface area contributed by atoms with E-state index < -0.39 is 0 Å². The fourth-order valence-electron chi connectivity index (χ4n) is 4.40. The Morgan fingerprint density at radius 1 is 1.00 bits per heavy atom. The smallest absolute Gasteiger partial charge is 0.257 e. The van der Waals surface area contributed by atoms with Gasteiger partial charge in [-0.15, -0.1) is 0 Å². The molecule has 0 atom stereocenters. The lowest BCUT2D eigenvalue weighted by atomic mass is 9.93. The number of hydrogen-bond acceptors (Lipinski definition) is 6. The molecule has 3 fully saturated rings. The van der Waals surface area contributed by atoms with Crippen LogP contribution in [-0.4, -0.2) is 84.3 Å². The fourth-order valence-corrected chi connectivity index (χ4v) is 4.40. The zero-order valence-corrected chi connectivity index (χ0v) is 16.2. The second-order valence-corrected chi connectivity index (χ2v) is 7.79. The Morgan fingerprint density at radius 2 is 1.67 bits per heavy atom. The Balaban J connectivity index is 1.37. The van der Waals surface area contributed by atoms with Crippen molar-refractivity contribution in [3.8, 4) is 0 Å². The summed E-state index contributed by atoms with van der Waals surface area (Å²) in [4.78, 5) is 26.5. The molecular weight excluding hydrogens is 344 g/mol. The number of carbonyl (C=O) groups excluding carboxylic acids is 1. The summed E-state index contributed by atoms with van der Waals surface area (Å²) < 4.78 is 10.8. The van der Waals surface area contributed by atoms with Crippen LogP contribution in [-0.2, 0) is 9.47 Å². The third kappa shape index (κ3) is 4.31. The predicted octanol–water partition coefficient (Wildman–Crippen LogP) is 1.62. The number of likely N-dealkylation sites (tertiary alicyclic amines) is 1. The maximum atomic E-state index is 12.7. The Labute approximate surface area is 161 Å². The normalized spacial score (nSPS) is 23.5. The number of ether oxygens (including phenoxy) is 2. The first kappa shape index (κ1) is 18.8. The minimum Gasteiger partial charge on any atom is -0.381 e. The van der Waals surface area contributed by atoms with E-state index >= 15 is 0 Å². The number of nitrogens with zero attached hydrogens (tertiary/aromatic N) is 4. The average molecular weight is 374 g/mol. The Hall–Kier alpha value is -1.57. The molecule has 4 rings (SSSR count). The molecular formula is C20H30N4O3. The van der Waals surface area contributed by atoms with E-state index in [4.69, 9.17) is 14.5 Å². The van der Waals surface area contributed by atoms with E-state index in [1.165, 1.54) is 0 Å². The quantitative estimate of drug-likeness (QED) is 0.801. The van der Waals surface area contributed by atoms with Gasteiger partial charge in [0.15, 0.2) is 0 Å². The third-order valence-electron chi connectivity index (χ3n) is 6.13. The van der Waals surface area contributed by atoms with Gasteiger partial charge in [-0.3, -0.25) is 4.79 Å². The van der Waals surface area contributed by atoms with E-state index in [-0.39, 0.29) is 5.91 Å². The van der Waals surface area contributed by atoms with Crippen LogP contribution in [0.4, 0.5) is 0 Å². The number of carbonyl (C=O) groups is 1. The second-order valence-electron chi connectivity index (χ2n) is 7.79. The molecule has 0 bridgehead atoms. The minimum absolute atomic E-state index is 0.0247. The van der Waals surface area contributed by atoms with Gasteiger partial charge in [-0.2, -0.15) is 0 Å². The number of morpholine rings is 1. The molecule has 27 heavy (non-hydrogen) atoms. The SMILES string of the molecule is Cc1nc(C2CCN(C3CCOCC3)CC2)ncc1C(=O)N1CCOCC1. The highest BCUT2D eigenvalue weighted by molar-refractivity contribution is 5.95. The highest BCUT2D eigenvalue weighted by atomic mass is 16.5. The van der Waals surface area contributed by atoms with Crippen LogP contribution in [0.5, 0.6) is 0 Å². The summed E-state index contributed by atoms with van der Waals surface area (Å²) >= 11 is 0. The molecule has 0 spiro atoms. The highest BCUT2D eigenvalue weighted by Gasteiger charge is 2.29. The molecule has 7 nitrogen and oxygen atoms in total. The molecule has 1 aromatic rings. The van der Waals surface area contributed by atoms with Gasteiger partial charge in [-0.25, -0.2) is 9.97 Å². The molecule has 0 aliphatic carbocycles. The summed E-state index contributed by atoms with van der Waals surface area (Å²) in [6, 6.07) is 0.677. The van der Waals surface area contributed by atoms with Gasteiger partial charge >= 0.3 is 0 Å². The third-order valence-corrected chi connectivity index (χ3v) is 6.13. The van der Waals surface area contributed by atoms with Crippen LogP contribution in [0, 0.1) is 6.92 Å².